The Balaban J connectivity index is 1.56. The second-order valence-electron chi connectivity index (χ2n) is 6.99. The van der Waals surface area contributed by atoms with Crippen molar-refractivity contribution in [1.82, 2.24) is 4.98 Å². The van der Waals surface area contributed by atoms with Gasteiger partial charge in [0, 0.05) is 19.5 Å². The maximum Gasteiger partial charge on any atom is 0.226 e. The van der Waals surface area contributed by atoms with Crippen LogP contribution >= 0.6 is 0 Å². The molecule has 6 nitrogen and oxygen atoms in total. The van der Waals surface area contributed by atoms with Crippen LogP contribution in [0.2, 0.25) is 0 Å². The van der Waals surface area contributed by atoms with Crippen molar-refractivity contribution in [2.24, 2.45) is 11.1 Å². The summed E-state index contributed by atoms with van der Waals surface area (Å²) in [5.41, 5.74) is 7.02. The molecule has 0 spiro atoms. The first-order chi connectivity index (χ1) is 11.7. The minimum Gasteiger partial charge on any atom is -0.378 e. The van der Waals surface area contributed by atoms with Crippen LogP contribution in [0.3, 0.4) is 0 Å². The molecule has 2 aliphatic rings. The minimum atomic E-state index is -0.0178. The third-order valence-corrected chi connectivity index (χ3v) is 5.27. The van der Waals surface area contributed by atoms with Gasteiger partial charge in [0.15, 0.2) is 0 Å². The molecule has 1 amide bonds. The van der Waals surface area contributed by atoms with Gasteiger partial charge in [0.2, 0.25) is 5.91 Å². The first kappa shape index (κ1) is 17.2. The lowest BCUT2D eigenvalue weighted by Gasteiger charge is -2.35. The Morgan fingerprint density at radius 3 is 2.62 bits per heavy atom. The van der Waals surface area contributed by atoms with E-state index in [-0.39, 0.29) is 11.3 Å². The van der Waals surface area contributed by atoms with Crippen molar-refractivity contribution in [2.75, 3.05) is 43.1 Å². The number of amides is 1. The van der Waals surface area contributed by atoms with Gasteiger partial charge in [-0.15, -0.1) is 0 Å². The molecule has 1 aliphatic heterocycles. The molecule has 0 bridgehead atoms. The number of carbonyl (C=O) groups is 1. The Morgan fingerprint density at radius 2 is 2.00 bits per heavy atom. The van der Waals surface area contributed by atoms with Crippen molar-refractivity contribution < 1.29 is 9.53 Å². The molecule has 6 heteroatoms. The van der Waals surface area contributed by atoms with Gasteiger partial charge in [-0.05, 0) is 36.9 Å². The average Bonchev–Trinajstić information content (AvgIpc) is 2.64. The zero-order chi connectivity index (χ0) is 16.8. The van der Waals surface area contributed by atoms with Gasteiger partial charge in [-0.2, -0.15) is 0 Å². The number of pyridine rings is 1. The highest BCUT2D eigenvalue weighted by Crippen LogP contribution is 2.38. The van der Waals surface area contributed by atoms with Crippen LogP contribution in [-0.4, -0.2) is 43.7 Å². The molecule has 3 N–H and O–H groups in total. The van der Waals surface area contributed by atoms with Crippen LogP contribution in [0.15, 0.2) is 18.3 Å². The lowest BCUT2D eigenvalue weighted by atomic mass is 9.71. The number of hydrogen-bond acceptors (Lipinski definition) is 5. The predicted molar refractivity (Wildman–Crippen MR) is 95.1 cm³/mol. The molecule has 1 saturated carbocycles. The number of aromatic nitrogens is 1. The quantitative estimate of drug-likeness (QED) is 0.863. The van der Waals surface area contributed by atoms with Crippen molar-refractivity contribution in [3.05, 3.63) is 18.3 Å². The van der Waals surface area contributed by atoms with E-state index in [1.165, 1.54) is 19.3 Å². The normalized spacial score (nSPS) is 20.6. The fourth-order valence-electron chi connectivity index (χ4n) is 3.75. The third-order valence-electron chi connectivity index (χ3n) is 5.27. The molecule has 1 aromatic rings. The Morgan fingerprint density at radius 1 is 1.25 bits per heavy atom. The Bertz CT molecular complexity index is 534. The van der Waals surface area contributed by atoms with Crippen LogP contribution in [0.1, 0.15) is 38.5 Å². The number of nitrogens with one attached hydrogen (secondary N) is 1. The summed E-state index contributed by atoms with van der Waals surface area (Å²) in [7, 11) is 0. The number of carbonyl (C=O) groups excluding carboxylic acids is 1. The van der Waals surface area contributed by atoms with Crippen LogP contribution in [0.4, 0.5) is 11.5 Å². The number of rotatable bonds is 5. The molecule has 3 rings (SSSR count). The fourth-order valence-corrected chi connectivity index (χ4v) is 3.75. The Labute approximate surface area is 143 Å². The van der Waals surface area contributed by atoms with Crippen LogP contribution < -0.4 is 16.0 Å². The second kappa shape index (κ2) is 7.94. The van der Waals surface area contributed by atoms with Crippen molar-refractivity contribution in [2.45, 2.75) is 38.5 Å². The van der Waals surface area contributed by atoms with E-state index in [0.29, 0.717) is 18.8 Å². The first-order valence-electron chi connectivity index (χ1n) is 8.99. The summed E-state index contributed by atoms with van der Waals surface area (Å²) in [6, 6.07) is 3.88. The summed E-state index contributed by atoms with van der Waals surface area (Å²) >= 11 is 0. The second-order valence-corrected chi connectivity index (χ2v) is 6.99. The van der Waals surface area contributed by atoms with Gasteiger partial charge < -0.3 is 20.7 Å². The zero-order valence-corrected chi connectivity index (χ0v) is 14.3. The molecule has 2 fully saturated rings. The topological polar surface area (TPSA) is 80.5 Å². The molecule has 0 atom stereocenters. The fraction of sp³-hybridized carbons (Fsp3) is 0.667. The van der Waals surface area contributed by atoms with Gasteiger partial charge >= 0.3 is 0 Å². The number of ether oxygens (including phenoxy) is 1. The maximum absolute atomic E-state index is 12.4. The summed E-state index contributed by atoms with van der Waals surface area (Å²) in [4.78, 5) is 19.0. The molecular weight excluding hydrogens is 304 g/mol. The van der Waals surface area contributed by atoms with Crippen LogP contribution in [0.5, 0.6) is 0 Å². The van der Waals surface area contributed by atoms with E-state index in [1.54, 1.807) is 0 Å². The van der Waals surface area contributed by atoms with Crippen LogP contribution in [-0.2, 0) is 9.53 Å². The van der Waals surface area contributed by atoms with E-state index in [2.05, 4.69) is 15.2 Å². The van der Waals surface area contributed by atoms with Gasteiger partial charge in [-0.3, -0.25) is 4.79 Å². The van der Waals surface area contributed by atoms with Crippen molar-refractivity contribution in [1.29, 1.82) is 0 Å². The molecule has 1 aliphatic carbocycles. The molecule has 0 unspecified atom stereocenters. The van der Waals surface area contributed by atoms with E-state index in [0.717, 1.165) is 44.8 Å². The van der Waals surface area contributed by atoms with E-state index >= 15 is 0 Å². The summed E-state index contributed by atoms with van der Waals surface area (Å²) in [6.07, 6.45) is 8.04. The highest BCUT2D eigenvalue weighted by molar-refractivity contribution is 5.90. The van der Waals surface area contributed by atoms with Gasteiger partial charge in [0.25, 0.3) is 0 Å². The molecule has 0 radical (unpaired) electrons. The standard InChI is InChI=1S/C18H28N4O2/c19-14-18(6-2-1-3-7-18)12-17(23)21-16-5-4-15(13-20-16)22-8-10-24-11-9-22/h4-5,13H,1-3,6-12,14,19H2,(H,20,21,23). The number of morpholine rings is 1. The SMILES string of the molecule is NCC1(CC(=O)Nc2ccc(N3CCOCC3)cn2)CCCCC1. The van der Waals surface area contributed by atoms with Crippen LogP contribution in [0.25, 0.3) is 0 Å². The first-order valence-corrected chi connectivity index (χ1v) is 8.99. The number of anilines is 2. The van der Waals surface area contributed by atoms with E-state index < -0.39 is 0 Å². The highest BCUT2D eigenvalue weighted by atomic mass is 16.5. The molecule has 1 saturated heterocycles. The lowest BCUT2D eigenvalue weighted by Crippen LogP contribution is -2.37. The summed E-state index contributed by atoms with van der Waals surface area (Å²) < 4.78 is 5.36. The molecule has 2 heterocycles. The smallest absolute Gasteiger partial charge is 0.226 e. The Kier molecular flexibility index (Phi) is 5.68. The maximum atomic E-state index is 12.4. The lowest BCUT2D eigenvalue weighted by molar-refractivity contribution is -0.118. The molecule has 1 aromatic heterocycles. The number of nitrogens with two attached hydrogens (primary N) is 1. The summed E-state index contributed by atoms with van der Waals surface area (Å²) in [5, 5.41) is 2.93. The van der Waals surface area contributed by atoms with Gasteiger partial charge in [-0.25, -0.2) is 4.98 Å². The summed E-state index contributed by atoms with van der Waals surface area (Å²) in [6.45, 7) is 3.85. The van der Waals surface area contributed by atoms with Gasteiger partial charge in [0.05, 0.1) is 25.1 Å². The Hall–Kier alpha value is -1.66. The van der Waals surface area contributed by atoms with Crippen LogP contribution in [0, 0.1) is 5.41 Å². The molecular formula is C18H28N4O2. The monoisotopic (exact) mass is 332 g/mol. The number of nitrogens with zero attached hydrogens (tertiary/aromatic N) is 2. The van der Waals surface area contributed by atoms with E-state index in [9.17, 15) is 4.79 Å². The zero-order valence-electron chi connectivity index (χ0n) is 14.3. The van der Waals surface area contributed by atoms with Crippen molar-refractivity contribution >= 4 is 17.4 Å². The van der Waals surface area contributed by atoms with Crippen molar-refractivity contribution in [3.8, 4) is 0 Å². The third kappa shape index (κ3) is 4.24. The molecule has 24 heavy (non-hydrogen) atoms. The van der Waals surface area contributed by atoms with E-state index in [1.807, 2.05) is 18.3 Å². The average molecular weight is 332 g/mol. The largest absolute Gasteiger partial charge is 0.378 e. The minimum absolute atomic E-state index is 0.0178. The summed E-state index contributed by atoms with van der Waals surface area (Å²) in [5.74, 6) is 0.633. The van der Waals surface area contributed by atoms with Gasteiger partial charge in [-0.1, -0.05) is 19.3 Å². The van der Waals surface area contributed by atoms with Gasteiger partial charge in [0.1, 0.15) is 5.82 Å². The molecule has 132 valence electrons. The highest BCUT2D eigenvalue weighted by Gasteiger charge is 2.33. The van der Waals surface area contributed by atoms with Crippen molar-refractivity contribution in [3.63, 3.8) is 0 Å². The van der Waals surface area contributed by atoms with E-state index in [4.69, 9.17) is 10.5 Å². The predicted octanol–water partition coefficient (Wildman–Crippen LogP) is 2.16. The number of hydrogen-bond donors (Lipinski definition) is 2. The molecule has 0 aromatic carbocycles.